The monoisotopic (exact) mass is 567 g/mol. The molecule has 0 aliphatic carbocycles. The molecule has 0 spiro atoms. The van der Waals surface area contributed by atoms with Gasteiger partial charge in [-0.2, -0.15) is 5.10 Å². The first kappa shape index (κ1) is 33.3. The van der Waals surface area contributed by atoms with Crippen molar-refractivity contribution in [2.45, 2.75) is 84.5 Å². The number of hydrazone groups is 1. The zero-order valence-corrected chi connectivity index (χ0v) is 24.7. The summed E-state index contributed by atoms with van der Waals surface area (Å²) in [6.07, 6.45) is 13.4. The molecular formula is C32H45N3O6. The zero-order chi connectivity index (χ0) is 29.7. The average molecular weight is 568 g/mol. The maximum atomic E-state index is 12.6. The van der Waals surface area contributed by atoms with Crippen LogP contribution in [-0.4, -0.2) is 44.3 Å². The molecule has 0 unspecified atom stereocenters. The predicted octanol–water partition coefficient (Wildman–Crippen LogP) is 6.19. The van der Waals surface area contributed by atoms with Gasteiger partial charge in [-0.1, -0.05) is 65.2 Å². The zero-order valence-electron chi connectivity index (χ0n) is 24.7. The van der Waals surface area contributed by atoms with Gasteiger partial charge >= 0.3 is 5.97 Å². The van der Waals surface area contributed by atoms with Crippen LogP contribution in [0, 0.1) is 0 Å². The third-order valence-corrected chi connectivity index (χ3v) is 6.31. The molecule has 9 nitrogen and oxygen atoms in total. The van der Waals surface area contributed by atoms with E-state index in [-0.39, 0.29) is 18.2 Å². The van der Waals surface area contributed by atoms with Crippen molar-refractivity contribution >= 4 is 24.0 Å². The van der Waals surface area contributed by atoms with Crippen molar-refractivity contribution in [1.82, 2.24) is 10.7 Å². The maximum absolute atomic E-state index is 12.6. The van der Waals surface area contributed by atoms with Gasteiger partial charge in [0, 0.05) is 6.42 Å². The molecule has 2 aromatic carbocycles. The summed E-state index contributed by atoms with van der Waals surface area (Å²) >= 11 is 0. The van der Waals surface area contributed by atoms with Crippen LogP contribution in [0.5, 0.6) is 17.2 Å². The predicted molar refractivity (Wildman–Crippen MR) is 161 cm³/mol. The second kappa shape index (κ2) is 20.1. The quantitative estimate of drug-likeness (QED) is 0.0648. The molecule has 9 heteroatoms. The van der Waals surface area contributed by atoms with Crippen LogP contribution in [0.2, 0.25) is 0 Å². The van der Waals surface area contributed by atoms with Crippen molar-refractivity contribution < 1.29 is 28.6 Å². The average Bonchev–Trinajstić information content (AvgIpc) is 2.99. The lowest BCUT2D eigenvalue weighted by molar-refractivity contribution is -0.126. The Bertz CT molecular complexity index is 1100. The van der Waals surface area contributed by atoms with Gasteiger partial charge in [-0.15, -0.1) is 0 Å². The highest BCUT2D eigenvalue weighted by Gasteiger charge is 2.13. The van der Waals surface area contributed by atoms with E-state index in [9.17, 15) is 14.4 Å². The minimum absolute atomic E-state index is 0.136. The highest BCUT2D eigenvalue weighted by molar-refractivity contribution is 5.92. The molecule has 0 heterocycles. The number of hydrogen-bond donors (Lipinski definition) is 2. The van der Waals surface area contributed by atoms with E-state index < -0.39 is 11.9 Å². The van der Waals surface area contributed by atoms with Crippen molar-refractivity contribution in [3.8, 4) is 17.2 Å². The SMILES string of the molecule is CCCCCCCCCCCC(=O)NCC(=O)N/N=C/c1ccc(OC(=O)c2ccc(OCCC)cc2)c(OC)c1. The molecule has 2 aromatic rings. The highest BCUT2D eigenvalue weighted by atomic mass is 16.6. The van der Waals surface area contributed by atoms with Crippen LogP contribution < -0.4 is 25.0 Å². The van der Waals surface area contributed by atoms with E-state index >= 15 is 0 Å². The fraction of sp³-hybridized carbons (Fsp3) is 0.500. The normalized spacial score (nSPS) is 10.8. The number of ether oxygens (including phenoxy) is 3. The molecular weight excluding hydrogens is 522 g/mol. The summed E-state index contributed by atoms with van der Waals surface area (Å²) in [5, 5.41) is 6.56. The molecule has 2 amide bonds. The van der Waals surface area contributed by atoms with Gasteiger partial charge in [0.15, 0.2) is 11.5 Å². The van der Waals surface area contributed by atoms with Crippen molar-refractivity contribution in [1.29, 1.82) is 0 Å². The van der Waals surface area contributed by atoms with Gasteiger partial charge in [0.1, 0.15) is 5.75 Å². The molecule has 0 saturated carbocycles. The largest absolute Gasteiger partial charge is 0.494 e. The minimum Gasteiger partial charge on any atom is -0.494 e. The van der Waals surface area contributed by atoms with Gasteiger partial charge in [-0.3, -0.25) is 9.59 Å². The van der Waals surface area contributed by atoms with E-state index in [0.29, 0.717) is 35.7 Å². The van der Waals surface area contributed by atoms with E-state index in [1.807, 2.05) is 6.92 Å². The molecule has 41 heavy (non-hydrogen) atoms. The molecule has 0 fully saturated rings. The first-order valence-corrected chi connectivity index (χ1v) is 14.7. The Hall–Kier alpha value is -3.88. The first-order chi connectivity index (χ1) is 20.0. The van der Waals surface area contributed by atoms with Crippen molar-refractivity contribution in [2.75, 3.05) is 20.3 Å². The molecule has 0 bridgehead atoms. The summed E-state index contributed by atoms with van der Waals surface area (Å²) in [5.74, 6) is 0.181. The van der Waals surface area contributed by atoms with Crippen molar-refractivity contribution in [3.63, 3.8) is 0 Å². The van der Waals surface area contributed by atoms with Gasteiger partial charge in [-0.25, -0.2) is 10.2 Å². The van der Waals surface area contributed by atoms with E-state index in [4.69, 9.17) is 14.2 Å². The Morgan fingerprint density at radius 2 is 1.49 bits per heavy atom. The Balaban J connectivity index is 1.70. The van der Waals surface area contributed by atoms with Crippen LogP contribution >= 0.6 is 0 Å². The molecule has 0 atom stereocenters. The number of methoxy groups -OCH3 is 1. The van der Waals surface area contributed by atoms with E-state index in [1.54, 1.807) is 42.5 Å². The lowest BCUT2D eigenvalue weighted by Crippen LogP contribution is -2.34. The third kappa shape index (κ3) is 13.8. The van der Waals surface area contributed by atoms with Gasteiger partial charge in [0.2, 0.25) is 5.91 Å². The number of rotatable bonds is 20. The number of esters is 1. The fourth-order valence-corrected chi connectivity index (χ4v) is 4.00. The van der Waals surface area contributed by atoms with Crippen molar-refractivity contribution in [3.05, 3.63) is 53.6 Å². The Morgan fingerprint density at radius 1 is 0.805 bits per heavy atom. The molecule has 224 valence electrons. The van der Waals surface area contributed by atoms with Gasteiger partial charge in [0.25, 0.3) is 5.91 Å². The van der Waals surface area contributed by atoms with E-state index in [0.717, 1.165) is 25.7 Å². The lowest BCUT2D eigenvalue weighted by atomic mass is 10.1. The Kier molecular flexibility index (Phi) is 16.3. The van der Waals surface area contributed by atoms with Crippen LogP contribution in [0.15, 0.2) is 47.6 Å². The fourth-order valence-electron chi connectivity index (χ4n) is 4.00. The molecule has 0 aliphatic heterocycles. The van der Waals surface area contributed by atoms with Crippen LogP contribution in [-0.2, 0) is 9.59 Å². The van der Waals surface area contributed by atoms with E-state index in [2.05, 4.69) is 22.8 Å². The van der Waals surface area contributed by atoms with Gasteiger partial charge < -0.3 is 19.5 Å². The number of amides is 2. The van der Waals surface area contributed by atoms with Gasteiger partial charge in [0.05, 0.1) is 32.0 Å². The summed E-state index contributed by atoms with van der Waals surface area (Å²) in [7, 11) is 1.46. The summed E-state index contributed by atoms with van der Waals surface area (Å²) in [6.45, 7) is 4.71. The summed E-state index contributed by atoms with van der Waals surface area (Å²) in [4.78, 5) is 36.6. The number of nitrogens with one attached hydrogen (secondary N) is 2. The number of unbranched alkanes of at least 4 members (excludes halogenated alkanes) is 8. The van der Waals surface area contributed by atoms with Crippen LogP contribution in [0.3, 0.4) is 0 Å². The number of benzene rings is 2. The Labute approximate surface area is 244 Å². The van der Waals surface area contributed by atoms with Gasteiger partial charge in [-0.05, 0) is 60.9 Å². The molecule has 2 rings (SSSR count). The smallest absolute Gasteiger partial charge is 0.343 e. The molecule has 0 saturated heterocycles. The molecule has 0 aromatic heterocycles. The second-order valence-electron chi connectivity index (χ2n) is 9.82. The number of hydrogen-bond acceptors (Lipinski definition) is 7. The number of carbonyl (C=O) groups is 3. The standard InChI is InChI=1S/C32H45N3O6/c1-4-6-7-8-9-10-11-12-13-14-30(36)33-24-31(37)35-34-23-25-15-20-28(29(22-25)39-3)41-32(38)26-16-18-27(19-17-26)40-21-5-2/h15-20,22-23H,4-14,21,24H2,1-3H3,(H,33,36)(H,35,37)/b34-23+. The number of carbonyl (C=O) groups excluding carboxylic acids is 3. The third-order valence-electron chi connectivity index (χ3n) is 6.31. The van der Waals surface area contributed by atoms with Crippen LogP contribution in [0.25, 0.3) is 0 Å². The minimum atomic E-state index is -0.529. The Morgan fingerprint density at radius 3 is 2.15 bits per heavy atom. The number of nitrogens with zero attached hydrogens (tertiary/aromatic N) is 1. The summed E-state index contributed by atoms with van der Waals surface area (Å²) in [5.41, 5.74) is 3.39. The molecule has 0 aliphatic rings. The highest BCUT2D eigenvalue weighted by Crippen LogP contribution is 2.28. The summed E-state index contributed by atoms with van der Waals surface area (Å²) in [6, 6.07) is 11.6. The second-order valence-corrected chi connectivity index (χ2v) is 9.82. The van der Waals surface area contributed by atoms with Crippen molar-refractivity contribution in [2.24, 2.45) is 5.10 Å². The summed E-state index contributed by atoms with van der Waals surface area (Å²) < 4.78 is 16.4. The van der Waals surface area contributed by atoms with Crippen LogP contribution in [0.1, 0.15) is 100 Å². The molecule has 0 radical (unpaired) electrons. The van der Waals surface area contributed by atoms with E-state index in [1.165, 1.54) is 51.8 Å². The topological polar surface area (TPSA) is 115 Å². The molecule has 2 N–H and O–H groups in total. The first-order valence-electron chi connectivity index (χ1n) is 14.7. The lowest BCUT2D eigenvalue weighted by Gasteiger charge is -2.10. The maximum Gasteiger partial charge on any atom is 0.343 e. The van der Waals surface area contributed by atoms with Crippen LogP contribution in [0.4, 0.5) is 0 Å².